The Morgan fingerprint density at radius 3 is 2.21 bits per heavy atom. The second-order valence-corrected chi connectivity index (χ2v) is 11.3. The summed E-state index contributed by atoms with van der Waals surface area (Å²) in [6.07, 6.45) is 1.53. The van der Waals surface area contributed by atoms with Crippen molar-refractivity contribution in [3.8, 4) is 16.9 Å². The third-order valence-electron chi connectivity index (χ3n) is 6.98. The quantitative estimate of drug-likeness (QED) is 0.353. The number of hydrogen-bond donors (Lipinski definition) is 1. The second-order valence-electron chi connectivity index (χ2n) is 10.9. The molecule has 1 aromatic carbocycles. The van der Waals surface area contributed by atoms with Crippen molar-refractivity contribution in [2.24, 2.45) is 0 Å². The number of aromatic nitrogens is 5. The third-order valence-corrected chi connectivity index (χ3v) is 7.27. The Morgan fingerprint density at radius 1 is 1.00 bits per heavy atom. The molecule has 1 saturated heterocycles. The summed E-state index contributed by atoms with van der Waals surface area (Å²) in [6, 6.07) is 8.47. The number of rotatable bonds is 5. The Morgan fingerprint density at radius 2 is 1.62 bits per heavy atom. The molecule has 0 amide bonds. The molecular weight excluding hydrogens is 517 g/mol. The van der Waals surface area contributed by atoms with Crippen molar-refractivity contribution in [1.29, 1.82) is 0 Å². The van der Waals surface area contributed by atoms with E-state index in [9.17, 15) is 9.18 Å². The van der Waals surface area contributed by atoms with Crippen LogP contribution in [0.2, 0.25) is 5.02 Å². The van der Waals surface area contributed by atoms with E-state index in [1.807, 2.05) is 27.7 Å². The molecular formula is C29H33ClFN7O. The first-order chi connectivity index (χ1) is 18.6. The van der Waals surface area contributed by atoms with E-state index in [-0.39, 0.29) is 40.2 Å². The predicted molar refractivity (Wildman–Crippen MR) is 154 cm³/mol. The van der Waals surface area contributed by atoms with Gasteiger partial charge in [0.15, 0.2) is 5.65 Å². The molecule has 0 bridgehead atoms. The SMILES string of the molecule is CC(C)c1ncnc(C(C)C)c1-n1c(=O)nc(N2C[C@@H](C)N[C@@H](C)C2)c2cc(Cl)c(-c3ccccc3F)nc21. The topological polar surface area (TPSA) is 88.8 Å². The Hall–Kier alpha value is -3.43. The zero-order valence-corrected chi connectivity index (χ0v) is 23.8. The molecule has 3 aromatic heterocycles. The zero-order chi connectivity index (χ0) is 28.0. The fourth-order valence-corrected chi connectivity index (χ4v) is 5.62. The van der Waals surface area contributed by atoms with Gasteiger partial charge in [0.2, 0.25) is 0 Å². The van der Waals surface area contributed by atoms with Crippen LogP contribution < -0.4 is 15.9 Å². The van der Waals surface area contributed by atoms with Crippen LogP contribution in [0, 0.1) is 5.82 Å². The van der Waals surface area contributed by atoms with E-state index < -0.39 is 11.5 Å². The maximum absolute atomic E-state index is 14.9. The van der Waals surface area contributed by atoms with Crippen LogP contribution in [0.25, 0.3) is 28.0 Å². The van der Waals surface area contributed by atoms with Gasteiger partial charge in [-0.05, 0) is 43.9 Å². The maximum atomic E-state index is 14.9. The minimum Gasteiger partial charge on any atom is -0.353 e. The van der Waals surface area contributed by atoms with Crippen LogP contribution in [-0.4, -0.2) is 49.7 Å². The molecule has 2 atom stereocenters. The lowest BCUT2D eigenvalue weighted by atomic mass is 10.0. The average molecular weight is 550 g/mol. The molecule has 39 heavy (non-hydrogen) atoms. The summed E-state index contributed by atoms with van der Waals surface area (Å²) in [5.74, 6) is 0.0496. The van der Waals surface area contributed by atoms with Crippen molar-refractivity contribution in [3.63, 3.8) is 0 Å². The zero-order valence-electron chi connectivity index (χ0n) is 23.0. The number of piperazine rings is 1. The number of pyridine rings is 1. The summed E-state index contributed by atoms with van der Waals surface area (Å²) in [6.45, 7) is 13.6. The van der Waals surface area contributed by atoms with Gasteiger partial charge >= 0.3 is 5.69 Å². The fourth-order valence-electron chi connectivity index (χ4n) is 5.37. The van der Waals surface area contributed by atoms with Crippen molar-refractivity contribution < 1.29 is 4.39 Å². The summed E-state index contributed by atoms with van der Waals surface area (Å²) in [7, 11) is 0. The van der Waals surface area contributed by atoms with E-state index in [2.05, 4.69) is 39.0 Å². The van der Waals surface area contributed by atoms with E-state index in [4.69, 9.17) is 16.6 Å². The number of nitrogens with one attached hydrogen (secondary N) is 1. The van der Waals surface area contributed by atoms with E-state index in [0.29, 0.717) is 47.0 Å². The van der Waals surface area contributed by atoms with Gasteiger partial charge in [-0.1, -0.05) is 51.4 Å². The third kappa shape index (κ3) is 5.01. The Labute approximate surface area is 232 Å². The molecule has 8 nitrogen and oxygen atoms in total. The van der Waals surface area contributed by atoms with Crippen LogP contribution in [0.15, 0.2) is 41.5 Å². The van der Waals surface area contributed by atoms with E-state index in [1.165, 1.54) is 17.0 Å². The van der Waals surface area contributed by atoms with Gasteiger partial charge in [-0.3, -0.25) is 0 Å². The summed E-state index contributed by atoms with van der Waals surface area (Å²) in [5, 5.41) is 4.39. The highest BCUT2D eigenvalue weighted by atomic mass is 35.5. The van der Waals surface area contributed by atoms with Crippen molar-refractivity contribution in [3.05, 3.63) is 69.4 Å². The van der Waals surface area contributed by atoms with Crippen molar-refractivity contribution in [2.75, 3.05) is 18.0 Å². The lowest BCUT2D eigenvalue weighted by Gasteiger charge is -2.37. The number of halogens is 2. The smallest absolute Gasteiger partial charge is 0.353 e. The standard InChI is InChI=1S/C29H33ClFN7O/c1-15(2)23-26(24(16(3)4)33-14-32-23)38-28-20(11-21(30)25(35-28)19-9-7-8-10-22(19)31)27(36-29(38)39)37-12-17(5)34-18(6)13-37/h7-11,14-18,34H,12-13H2,1-6H3/t17-,18+. The summed E-state index contributed by atoms with van der Waals surface area (Å²) < 4.78 is 16.4. The molecule has 0 radical (unpaired) electrons. The minimum absolute atomic E-state index is 0.00432. The van der Waals surface area contributed by atoms with E-state index in [1.54, 1.807) is 24.3 Å². The molecule has 1 N–H and O–H groups in total. The van der Waals surface area contributed by atoms with Gasteiger partial charge in [-0.2, -0.15) is 4.98 Å². The summed E-state index contributed by atoms with van der Waals surface area (Å²) in [5.41, 5.74) is 2.33. The average Bonchev–Trinajstić information content (AvgIpc) is 2.87. The van der Waals surface area contributed by atoms with Gasteiger partial charge in [0.1, 0.15) is 18.0 Å². The molecule has 0 spiro atoms. The lowest BCUT2D eigenvalue weighted by molar-refractivity contribution is 0.405. The lowest BCUT2D eigenvalue weighted by Crippen LogP contribution is -2.55. The monoisotopic (exact) mass is 549 g/mol. The Balaban J connectivity index is 1.91. The first-order valence-electron chi connectivity index (χ1n) is 13.3. The highest BCUT2D eigenvalue weighted by Gasteiger charge is 2.29. The van der Waals surface area contributed by atoms with Gasteiger partial charge in [0.05, 0.1) is 33.2 Å². The molecule has 0 saturated carbocycles. The van der Waals surface area contributed by atoms with Crippen LogP contribution in [-0.2, 0) is 0 Å². The van der Waals surface area contributed by atoms with Crippen LogP contribution in [0.5, 0.6) is 0 Å². The number of anilines is 1. The highest BCUT2D eigenvalue weighted by molar-refractivity contribution is 6.33. The second kappa shape index (κ2) is 10.6. The van der Waals surface area contributed by atoms with E-state index in [0.717, 1.165) is 0 Å². The number of benzene rings is 1. The molecule has 1 aliphatic heterocycles. The molecule has 1 aliphatic rings. The van der Waals surface area contributed by atoms with Gasteiger partial charge in [0.25, 0.3) is 0 Å². The molecule has 204 valence electrons. The van der Waals surface area contributed by atoms with Gasteiger partial charge in [0, 0.05) is 30.7 Å². The van der Waals surface area contributed by atoms with Gasteiger partial charge < -0.3 is 10.2 Å². The number of nitrogens with zero attached hydrogens (tertiary/aromatic N) is 6. The first kappa shape index (κ1) is 27.1. The molecule has 10 heteroatoms. The predicted octanol–water partition coefficient (Wildman–Crippen LogP) is 5.46. The molecule has 4 aromatic rings. The summed E-state index contributed by atoms with van der Waals surface area (Å²) >= 11 is 6.78. The fraction of sp³-hybridized carbons (Fsp3) is 0.414. The van der Waals surface area contributed by atoms with Crippen LogP contribution in [0.1, 0.15) is 64.8 Å². The van der Waals surface area contributed by atoms with Crippen LogP contribution >= 0.6 is 11.6 Å². The van der Waals surface area contributed by atoms with Gasteiger partial charge in [-0.25, -0.2) is 28.7 Å². The first-order valence-corrected chi connectivity index (χ1v) is 13.7. The molecule has 0 aliphatic carbocycles. The van der Waals surface area contributed by atoms with Crippen LogP contribution in [0.4, 0.5) is 10.2 Å². The maximum Gasteiger partial charge on any atom is 0.355 e. The molecule has 1 fully saturated rings. The molecule has 0 unspecified atom stereocenters. The Bertz CT molecular complexity index is 1570. The van der Waals surface area contributed by atoms with Crippen LogP contribution in [0.3, 0.4) is 0 Å². The largest absolute Gasteiger partial charge is 0.355 e. The van der Waals surface area contributed by atoms with Crippen molar-refractivity contribution >= 4 is 28.5 Å². The van der Waals surface area contributed by atoms with Crippen molar-refractivity contribution in [1.82, 2.24) is 29.8 Å². The summed E-state index contributed by atoms with van der Waals surface area (Å²) in [4.78, 5) is 34.7. The minimum atomic E-state index is -0.496. The normalized spacial score (nSPS) is 17.9. The number of fused-ring (bicyclic) bond motifs is 1. The Kier molecular flexibility index (Phi) is 7.39. The molecule has 4 heterocycles. The van der Waals surface area contributed by atoms with Crippen molar-refractivity contribution in [2.45, 2.75) is 65.5 Å². The van der Waals surface area contributed by atoms with E-state index >= 15 is 0 Å². The highest BCUT2D eigenvalue weighted by Crippen LogP contribution is 2.36. The number of hydrogen-bond acceptors (Lipinski definition) is 7. The van der Waals surface area contributed by atoms with Gasteiger partial charge in [-0.15, -0.1) is 0 Å². The molecule has 5 rings (SSSR count).